The highest BCUT2D eigenvalue weighted by Gasteiger charge is 2.26. The lowest BCUT2D eigenvalue weighted by atomic mass is 9.88. The first kappa shape index (κ1) is 16.7. The van der Waals surface area contributed by atoms with Crippen LogP contribution in [-0.4, -0.2) is 28.3 Å². The number of hydrogen-bond acceptors (Lipinski definition) is 4. The molecule has 0 unspecified atom stereocenters. The second-order valence-electron chi connectivity index (χ2n) is 5.75. The number of aromatic nitrogens is 3. The van der Waals surface area contributed by atoms with Crippen LogP contribution in [0, 0.1) is 0 Å². The van der Waals surface area contributed by atoms with Gasteiger partial charge in [0.05, 0.1) is 13.5 Å². The van der Waals surface area contributed by atoms with E-state index >= 15 is 0 Å². The molecule has 1 atom stereocenters. The highest BCUT2D eigenvalue weighted by atomic mass is 16.5. The summed E-state index contributed by atoms with van der Waals surface area (Å²) < 4.78 is 4.82. The first-order valence-corrected chi connectivity index (χ1v) is 7.99. The Balaban J connectivity index is 2.02. The van der Waals surface area contributed by atoms with Crippen LogP contribution in [0.3, 0.4) is 0 Å². The SMILES string of the molecule is COC(=O)C[C@@H](c1cccnc1)c1c(Cc2ccccc2)[nH][nH]c1=O. The van der Waals surface area contributed by atoms with Crippen molar-refractivity contribution < 1.29 is 9.53 Å². The van der Waals surface area contributed by atoms with Crippen molar-refractivity contribution in [1.82, 2.24) is 15.2 Å². The van der Waals surface area contributed by atoms with Crippen LogP contribution in [0.4, 0.5) is 0 Å². The molecule has 3 aromatic rings. The van der Waals surface area contributed by atoms with Crippen LogP contribution in [0.25, 0.3) is 0 Å². The lowest BCUT2D eigenvalue weighted by Gasteiger charge is -2.16. The number of hydrogen-bond donors (Lipinski definition) is 2. The third-order valence-electron chi connectivity index (χ3n) is 4.15. The van der Waals surface area contributed by atoms with Crippen molar-refractivity contribution in [1.29, 1.82) is 0 Å². The quantitative estimate of drug-likeness (QED) is 0.676. The summed E-state index contributed by atoms with van der Waals surface area (Å²) in [5.74, 6) is -0.796. The molecule has 1 aromatic carbocycles. The van der Waals surface area contributed by atoms with E-state index in [4.69, 9.17) is 4.74 Å². The molecule has 3 rings (SSSR count). The standard InChI is InChI=1S/C19H19N3O3/c1-25-17(23)11-15(14-8-5-9-20-12-14)18-16(21-22-19(18)24)10-13-6-3-2-4-7-13/h2-9,12,15H,10-11H2,1H3,(H2,21,22,24)/t15-/m0/s1. The largest absolute Gasteiger partial charge is 0.469 e. The molecule has 2 aromatic heterocycles. The zero-order chi connectivity index (χ0) is 17.6. The maximum Gasteiger partial charge on any atom is 0.306 e. The van der Waals surface area contributed by atoms with E-state index in [1.807, 2.05) is 36.4 Å². The maximum atomic E-state index is 12.5. The predicted molar refractivity (Wildman–Crippen MR) is 93.4 cm³/mol. The minimum Gasteiger partial charge on any atom is -0.469 e. The number of benzene rings is 1. The third kappa shape index (κ3) is 3.85. The molecule has 0 saturated heterocycles. The molecule has 0 amide bonds. The number of aromatic amines is 2. The molecule has 6 nitrogen and oxygen atoms in total. The van der Waals surface area contributed by atoms with E-state index in [9.17, 15) is 9.59 Å². The summed E-state index contributed by atoms with van der Waals surface area (Å²) in [6, 6.07) is 13.5. The molecule has 6 heteroatoms. The number of ether oxygens (including phenoxy) is 1. The Morgan fingerprint density at radius 3 is 2.64 bits per heavy atom. The van der Waals surface area contributed by atoms with Crippen molar-refractivity contribution in [3.63, 3.8) is 0 Å². The first-order chi connectivity index (χ1) is 12.2. The normalized spacial score (nSPS) is 11.9. The molecule has 2 N–H and O–H groups in total. The fourth-order valence-electron chi connectivity index (χ4n) is 2.93. The Bertz CT molecular complexity index is 885. The van der Waals surface area contributed by atoms with E-state index in [1.54, 1.807) is 18.5 Å². The second kappa shape index (κ2) is 7.61. The van der Waals surface area contributed by atoms with Crippen LogP contribution in [-0.2, 0) is 16.0 Å². The van der Waals surface area contributed by atoms with Crippen molar-refractivity contribution in [2.24, 2.45) is 0 Å². The van der Waals surface area contributed by atoms with E-state index in [-0.39, 0.29) is 17.9 Å². The Morgan fingerprint density at radius 2 is 1.96 bits per heavy atom. The van der Waals surface area contributed by atoms with Crippen molar-refractivity contribution >= 4 is 5.97 Å². The molecular formula is C19H19N3O3. The van der Waals surface area contributed by atoms with Gasteiger partial charge in [-0.2, -0.15) is 0 Å². The number of nitrogens with one attached hydrogen (secondary N) is 2. The lowest BCUT2D eigenvalue weighted by Crippen LogP contribution is -2.18. The fraction of sp³-hybridized carbons (Fsp3) is 0.211. The molecule has 0 saturated carbocycles. The van der Waals surface area contributed by atoms with Crippen LogP contribution in [0.1, 0.15) is 34.7 Å². The molecule has 0 radical (unpaired) electrons. The van der Waals surface area contributed by atoms with E-state index in [2.05, 4.69) is 15.2 Å². The van der Waals surface area contributed by atoms with Gasteiger partial charge in [-0.1, -0.05) is 36.4 Å². The molecule has 0 aliphatic carbocycles. The van der Waals surface area contributed by atoms with Gasteiger partial charge in [-0.05, 0) is 17.2 Å². The van der Waals surface area contributed by atoms with Gasteiger partial charge in [0.15, 0.2) is 0 Å². The molecule has 0 bridgehead atoms. The molecule has 0 spiro atoms. The van der Waals surface area contributed by atoms with Crippen LogP contribution in [0.2, 0.25) is 0 Å². The summed E-state index contributed by atoms with van der Waals surface area (Å²) in [6.45, 7) is 0. The van der Waals surface area contributed by atoms with Gasteiger partial charge in [0, 0.05) is 36.0 Å². The van der Waals surface area contributed by atoms with Gasteiger partial charge in [0.2, 0.25) is 0 Å². The Labute approximate surface area is 144 Å². The zero-order valence-corrected chi connectivity index (χ0v) is 13.9. The number of esters is 1. The van der Waals surface area contributed by atoms with Crippen molar-refractivity contribution in [2.75, 3.05) is 7.11 Å². The number of carbonyl (C=O) groups excluding carboxylic acids is 1. The van der Waals surface area contributed by atoms with Gasteiger partial charge in [-0.15, -0.1) is 0 Å². The minimum atomic E-state index is -0.421. The van der Waals surface area contributed by atoms with E-state index in [0.717, 1.165) is 16.8 Å². The summed E-state index contributed by atoms with van der Waals surface area (Å²) in [5, 5.41) is 5.60. The van der Waals surface area contributed by atoms with Gasteiger partial charge >= 0.3 is 5.97 Å². The first-order valence-electron chi connectivity index (χ1n) is 7.99. The van der Waals surface area contributed by atoms with Crippen LogP contribution in [0.5, 0.6) is 0 Å². The summed E-state index contributed by atoms with van der Waals surface area (Å²) in [6.07, 6.45) is 3.97. The molecule has 2 heterocycles. The molecule has 0 aliphatic heterocycles. The minimum absolute atomic E-state index is 0.0743. The van der Waals surface area contributed by atoms with Crippen molar-refractivity contribution in [3.8, 4) is 0 Å². The number of carbonyl (C=O) groups is 1. The van der Waals surface area contributed by atoms with E-state index < -0.39 is 5.92 Å². The molecular weight excluding hydrogens is 318 g/mol. The number of H-pyrrole nitrogens is 2. The van der Waals surface area contributed by atoms with Gasteiger partial charge in [0.1, 0.15) is 0 Å². The summed E-state index contributed by atoms with van der Waals surface area (Å²) >= 11 is 0. The summed E-state index contributed by atoms with van der Waals surface area (Å²) in [7, 11) is 1.34. The Kier molecular flexibility index (Phi) is 5.09. The second-order valence-corrected chi connectivity index (χ2v) is 5.75. The monoisotopic (exact) mass is 337 g/mol. The predicted octanol–water partition coefficient (Wildman–Crippen LogP) is 2.38. The highest BCUT2D eigenvalue weighted by Crippen LogP contribution is 2.28. The molecule has 25 heavy (non-hydrogen) atoms. The van der Waals surface area contributed by atoms with Gasteiger partial charge in [0.25, 0.3) is 5.56 Å². The molecule has 128 valence electrons. The van der Waals surface area contributed by atoms with Crippen LogP contribution < -0.4 is 5.56 Å². The van der Waals surface area contributed by atoms with Crippen molar-refractivity contribution in [2.45, 2.75) is 18.8 Å². The summed E-state index contributed by atoms with van der Waals surface area (Å²) in [5.41, 5.74) is 2.94. The summed E-state index contributed by atoms with van der Waals surface area (Å²) in [4.78, 5) is 28.5. The van der Waals surface area contributed by atoms with Gasteiger partial charge in [-0.3, -0.25) is 19.7 Å². The van der Waals surface area contributed by atoms with Crippen LogP contribution >= 0.6 is 0 Å². The van der Waals surface area contributed by atoms with Crippen LogP contribution in [0.15, 0.2) is 59.7 Å². The average Bonchev–Trinajstić information content (AvgIpc) is 3.01. The third-order valence-corrected chi connectivity index (χ3v) is 4.15. The average molecular weight is 337 g/mol. The lowest BCUT2D eigenvalue weighted by molar-refractivity contribution is -0.140. The smallest absolute Gasteiger partial charge is 0.306 e. The topological polar surface area (TPSA) is 87.8 Å². The highest BCUT2D eigenvalue weighted by molar-refractivity contribution is 5.71. The molecule has 0 aliphatic rings. The maximum absolute atomic E-state index is 12.5. The number of rotatable bonds is 6. The Morgan fingerprint density at radius 1 is 1.16 bits per heavy atom. The zero-order valence-electron chi connectivity index (χ0n) is 13.9. The van der Waals surface area contributed by atoms with E-state index in [0.29, 0.717) is 12.0 Å². The van der Waals surface area contributed by atoms with Crippen molar-refractivity contribution in [3.05, 3.63) is 87.6 Å². The Hall–Kier alpha value is -3.15. The van der Waals surface area contributed by atoms with Gasteiger partial charge < -0.3 is 9.84 Å². The van der Waals surface area contributed by atoms with E-state index in [1.165, 1.54) is 7.11 Å². The van der Waals surface area contributed by atoms with Gasteiger partial charge in [-0.25, -0.2) is 0 Å². The number of nitrogens with zero attached hydrogens (tertiary/aromatic N) is 1. The fourth-order valence-corrected chi connectivity index (χ4v) is 2.93. The molecule has 0 fully saturated rings. The number of pyridine rings is 1. The number of methoxy groups -OCH3 is 1.